The number of hydrogen-bond donors (Lipinski definition) is 0. The van der Waals surface area contributed by atoms with Crippen LogP contribution >= 0.6 is 0 Å². The predicted octanol–water partition coefficient (Wildman–Crippen LogP) is 2.45. The van der Waals surface area contributed by atoms with Gasteiger partial charge in [-0.05, 0) is 52.4 Å². The van der Waals surface area contributed by atoms with E-state index in [2.05, 4.69) is 37.7 Å². The Balaban J connectivity index is 2.25. The van der Waals surface area contributed by atoms with Crippen LogP contribution in [0.25, 0.3) is 0 Å². The maximum absolute atomic E-state index is 2.58. The van der Waals surface area contributed by atoms with Gasteiger partial charge in [-0.3, -0.25) is 0 Å². The molecule has 0 aromatic carbocycles. The highest BCUT2D eigenvalue weighted by atomic mass is 15.1. The molecule has 2 atom stereocenters. The van der Waals surface area contributed by atoms with E-state index in [-0.39, 0.29) is 0 Å². The first-order valence-electron chi connectivity index (χ1n) is 6.56. The van der Waals surface area contributed by atoms with Gasteiger partial charge in [-0.25, -0.2) is 0 Å². The molecule has 0 spiro atoms. The van der Waals surface area contributed by atoms with Crippen molar-refractivity contribution in [1.29, 1.82) is 0 Å². The topological polar surface area (TPSA) is 6.48 Å². The fourth-order valence-corrected chi connectivity index (χ4v) is 2.52. The molecule has 0 radical (unpaired) electrons. The third-order valence-corrected chi connectivity index (χ3v) is 4.04. The predicted molar refractivity (Wildman–Crippen MR) is 67.2 cm³/mol. The molecular weight excluding hydrogens is 184 g/mol. The summed E-state index contributed by atoms with van der Waals surface area (Å²) in [6.07, 6.45) is 5.55. The van der Waals surface area contributed by atoms with Crippen LogP contribution in [0.2, 0.25) is 0 Å². The van der Waals surface area contributed by atoms with Crippen molar-refractivity contribution in [3.8, 4) is 0 Å². The highest BCUT2D eigenvalue weighted by molar-refractivity contribution is 4.79. The molecule has 0 unspecified atom stereocenters. The standard InChI is InChI=1S/C13H28N2/c1-5-12-7-8-13(15(4)11-12)9-10-14(3)6-2/h12-13H,5-11H2,1-4H3/t12-,13-/m1/s1. The van der Waals surface area contributed by atoms with Gasteiger partial charge < -0.3 is 9.80 Å². The Bertz CT molecular complexity index is 170. The minimum Gasteiger partial charge on any atom is -0.307 e. The van der Waals surface area contributed by atoms with Gasteiger partial charge in [0.2, 0.25) is 0 Å². The van der Waals surface area contributed by atoms with Crippen LogP contribution in [0.5, 0.6) is 0 Å². The van der Waals surface area contributed by atoms with Crippen LogP contribution in [0.1, 0.15) is 39.5 Å². The lowest BCUT2D eigenvalue weighted by atomic mass is 9.90. The molecule has 1 aliphatic rings. The van der Waals surface area contributed by atoms with E-state index in [1.807, 2.05) is 0 Å². The zero-order valence-electron chi connectivity index (χ0n) is 11.0. The molecule has 0 aromatic rings. The lowest BCUT2D eigenvalue weighted by molar-refractivity contribution is 0.120. The fraction of sp³-hybridized carbons (Fsp3) is 1.00. The van der Waals surface area contributed by atoms with Gasteiger partial charge in [0.15, 0.2) is 0 Å². The smallest absolute Gasteiger partial charge is 0.0105 e. The Hall–Kier alpha value is -0.0800. The van der Waals surface area contributed by atoms with Crippen LogP contribution < -0.4 is 0 Å². The molecule has 0 aromatic heterocycles. The first-order valence-corrected chi connectivity index (χ1v) is 6.56. The van der Waals surface area contributed by atoms with Crippen molar-refractivity contribution < 1.29 is 0 Å². The third-order valence-electron chi connectivity index (χ3n) is 4.04. The molecule has 0 saturated carbocycles. The van der Waals surface area contributed by atoms with Crippen LogP contribution in [0, 0.1) is 5.92 Å². The molecule has 1 saturated heterocycles. The van der Waals surface area contributed by atoms with Crippen molar-refractivity contribution in [2.75, 3.05) is 33.7 Å². The van der Waals surface area contributed by atoms with Gasteiger partial charge in [-0.15, -0.1) is 0 Å². The second-order valence-electron chi connectivity index (χ2n) is 5.13. The van der Waals surface area contributed by atoms with Crippen molar-refractivity contribution in [2.45, 2.75) is 45.6 Å². The second kappa shape index (κ2) is 6.49. The highest BCUT2D eigenvalue weighted by Crippen LogP contribution is 2.24. The molecule has 0 aliphatic carbocycles. The van der Waals surface area contributed by atoms with E-state index in [0.29, 0.717) is 0 Å². The maximum atomic E-state index is 2.58. The Morgan fingerprint density at radius 2 is 2.00 bits per heavy atom. The van der Waals surface area contributed by atoms with Crippen molar-refractivity contribution in [3.63, 3.8) is 0 Å². The first kappa shape index (κ1) is 13.0. The van der Waals surface area contributed by atoms with E-state index in [0.717, 1.165) is 12.0 Å². The van der Waals surface area contributed by atoms with Gasteiger partial charge in [0.1, 0.15) is 0 Å². The lowest BCUT2D eigenvalue weighted by Crippen LogP contribution is -2.42. The van der Waals surface area contributed by atoms with Gasteiger partial charge in [0, 0.05) is 12.6 Å². The van der Waals surface area contributed by atoms with Gasteiger partial charge in [0.25, 0.3) is 0 Å². The average Bonchev–Trinajstić information content (AvgIpc) is 2.26. The molecule has 0 bridgehead atoms. The normalized spacial score (nSPS) is 28.6. The molecule has 1 rings (SSSR count). The summed E-state index contributed by atoms with van der Waals surface area (Å²) >= 11 is 0. The molecule has 1 heterocycles. The Morgan fingerprint density at radius 1 is 1.27 bits per heavy atom. The molecule has 90 valence electrons. The minimum absolute atomic E-state index is 0.835. The summed E-state index contributed by atoms with van der Waals surface area (Å²) < 4.78 is 0. The number of nitrogens with zero attached hydrogens (tertiary/aromatic N) is 2. The van der Waals surface area contributed by atoms with Crippen LogP contribution in [0.15, 0.2) is 0 Å². The first-order chi connectivity index (χ1) is 7.17. The van der Waals surface area contributed by atoms with E-state index in [1.54, 1.807) is 0 Å². The molecule has 2 nitrogen and oxygen atoms in total. The molecule has 2 heteroatoms. The van der Waals surface area contributed by atoms with E-state index in [9.17, 15) is 0 Å². The Labute approximate surface area is 95.6 Å². The fourth-order valence-electron chi connectivity index (χ4n) is 2.52. The largest absolute Gasteiger partial charge is 0.307 e. The van der Waals surface area contributed by atoms with E-state index in [4.69, 9.17) is 0 Å². The molecule has 1 aliphatic heterocycles. The molecule has 0 N–H and O–H groups in total. The lowest BCUT2D eigenvalue weighted by Gasteiger charge is -2.37. The SMILES string of the molecule is CC[C@@H]1CC[C@H](CCN(C)CC)N(C)C1. The van der Waals surface area contributed by atoms with Crippen LogP contribution in [-0.4, -0.2) is 49.6 Å². The summed E-state index contributed by atoms with van der Waals surface area (Å²) in [5.41, 5.74) is 0. The zero-order valence-corrected chi connectivity index (χ0v) is 11.0. The minimum atomic E-state index is 0.835. The van der Waals surface area contributed by atoms with Crippen molar-refractivity contribution in [3.05, 3.63) is 0 Å². The second-order valence-corrected chi connectivity index (χ2v) is 5.13. The number of piperidine rings is 1. The summed E-state index contributed by atoms with van der Waals surface area (Å²) in [7, 11) is 4.52. The number of rotatable bonds is 5. The van der Waals surface area contributed by atoms with E-state index in [1.165, 1.54) is 45.3 Å². The molecule has 1 fully saturated rings. The number of hydrogen-bond acceptors (Lipinski definition) is 2. The highest BCUT2D eigenvalue weighted by Gasteiger charge is 2.24. The van der Waals surface area contributed by atoms with Gasteiger partial charge >= 0.3 is 0 Å². The third kappa shape index (κ3) is 4.12. The number of likely N-dealkylation sites (tertiary alicyclic amines) is 1. The van der Waals surface area contributed by atoms with Crippen molar-refractivity contribution in [1.82, 2.24) is 9.80 Å². The van der Waals surface area contributed by atoms with Gasteiger partial charge in [-0.2, -0.15) is 0 Å². The Morgan fingerprint density at radius 3 is 2.53 bits per heavy atom. The molecule has 0 amide bonds. The summed E-state index contributed by atoms with van der Waals surface area (Å²) in [4.78, 5) is 5.00. The van der Waals surface area contributed by atoms with Gasteiger partial charge in [-0.1, -0.05) is 20.3 Å². The maximum Gasteiger partial charge on any atom is 0.0105 e. The summed E-state index contributed by atoms with van der Waals surface area (Å²) in [6, 6.07) is 0.835. The summed E-state index contributed by atoms with van der Waals surface area (Å²) in [6.45, 7) is 8.30. The summed E-state index contributed by atoms with van der Waals surface area (Å²) in [5.74, 6) is 0.954. The van der Waals surface area contributed by atoms with Gasteiger partial charge in [0.05, 0.1) is 0 Å². The monoisotopic (exact) mass is 212 g/mol. The van der Waals surface area contributed by atoms with Crippen LogP contribution in [0.4, 0.5) is 0 Å². The Kier molecular flexibility index (Phi) is 5.62. The quantitative estimate of drug-likeness (QED) is 0.691. The molecule has 15 heavy (non-hydrogen) atoms. The van der Waals surface area contributed by atoms with E-state index < -0.39 is 0 Å². The van der Waals surface area contributed by atoms with Crippen LogP contribution in [0.3, 0.4) is 0 Å². The van der Waals surface area contributed by atoms with E-state index >= 15 is 0 Å². The zero-order chi connectivity index (χ0) is 11.3. The summed E-state index contributed by atoms with van der Waals surface area (Å²) in [5, 5.41) is 0. The average molecular weight is 212 g/mol. The molecular formula is C13H28N2. The van der Waals surface area contributed by atoms with Crippen molar-refractivity contribution >= 4 is 0 Å². The van der Waals surface area contributed by atoms with Crippen molar-refractivity contribution in [2.24, 2.45) is 5.92 Å². The van der Waals surface area contributed by atoms with Crippen LogP contribution in [-0.2, 0) is 0 Å².